The molecule has 7 nitrogen and oxygen atoms in total. The molecule has 0 atom stereocenters. The Balaban J connectivity index is 1.70. The molecular weight excluding hydrogens is 375 g/mol. The van der Waals surface area contributed by atoms with E-state index in [1.165, 1.54) is 12.1 Å². The second-order valence-electron chi connectivity index (χ2n) is 5.46. The van der Waals surface area contributed by atoms with Gasteiger partial charge in [-0.2, -0.15) is 0 Å². The number of nitrogens with one attached hydrogen (secondary N) is 2. The van der Waals surface area contributed by atoms with Crippen molar-refractivity contribution in [1.82, 2.24) is 5.32 Å². The van der Waals surface area contributed by atoms with Gasteiger partial charge in [-0.3, -0.25) is 9.59 Å². The van der Waals surface area contributed by atoms with Gasteiger partial charge in [0, 0.05) is 6.54 Å². The molecule has 0 bridgehead atoms. The van der Waals surface area contributed by atoms with Gasteiger partial charge >= 0.3 is 0 Å². The van der Waals surface area contributed by atoms with Gasteiger partial charge < -0.3 is 21.2 Å². The minimum Gasteiger partial charge on any atom is -0.384 e. The van der Waals surface area contributed by atoms with Crippen LogP contribution in [-0.2, 0) is 21.0 Å². The SMILES string of the molecule is N/C(CC(=O)Nc1ccccc1Cl)=N/OCC(=O)NCc1ccc(F)cc1. The lowest BCUT2D eigenvalue weighted by molar-refractivity contribution is -0.125. The number of amidine groups is 1. The third-order valence-corrected chi connectivity index (χ3v) is 3.60. The maximum Gasteiger partial charge on any atom is 0.261 e. The number of nitrogens with two attached hydrogens (primary N) is 1. The van der Waals surface area contributed by atoms with Crippen LogP contribution in [0.4, 0.5) is 10.1 Å². The van der Waals surface area contributed by atoms with Gasteiger partial charge in [0.1, 0.15) is 11.7 Å². The fourth-order valence-corrected chi connectivity index (χ4v) is 2.16. The average molecular weight is 393 g/mol. The molecule has 0 aromatic heterocycles. The summed E-state index contributed by atoms with van der Waals surface area (Å²) in [5.41, 5.74) is 6.79. The predicted octanol–water partition coefficient (Wildman–Crippen LogP) is 2.41. The summed E-state index contributed by atoms with van der Waals surface area (Å²) in [6, 6.07) is 12.5. The molecule has 0 aliphatic rings. The Hall–Kier alpha value is -3.13. The fourth-order valence-electron chi connectivity index (χ4n) is 1.98. The van der Waals surface area contributed by atoms with Crippen molar-refractivity contribution < 1.29 is 18.8 Å². The first-order valence-corrected chi connectivity index (χ1v) is 8.31. The van der Waals surface area contributed by atoms with Crippen molar-refractivity contribution in [2.24, 2.45) is 10.9 Å². The molecule has 0 fully saturated rings. The molecule has 2 rings (SSSR count). The van der Waals surface area contributed by atoms with Crippen molar-refractivity contribution in [2.45, 2.75) is 13.0 Å². The van der Waals surface area contributed by atoms with E-state index >= 15 is 0 Å². The maximum absolute atomic E-state index is 12.8. The molecule has 27 heavy (non-hydrogen) atoms. The average Bonchev–Trinajstić information content (AvgIpc) is 2.63. The fraction of sp³-hybridized carbons (Fsp3) is 0.167. The van der Waals surface area contributed by atoms with E-state index in [2.05, 4.69) is 15.8 Å². The molecule has 2 aromatic carbocycles. The van der Waals surface area contributed by atoms with Crippen LogP contribution in [0.25, 0.3) is 0 Å². The number of benzene rings is 2. The molecule has 4 N–H and O–H groups in total. The Kier molecular flexibility index (Phi) is 7.57. The number of hydrogen-bond donors (Lipinski definition) is 3. The number of carbonyl (C=O) groups is 2. The van der Waals surface area contributed by atoms with Gasteiger partial charge in [-0.25, -0.2) is 4.39 Å². The van der Waals surface area contributed by atoms with Crippen molar-refractivity contribution in [1.29, 1.82) is 0 Å². The van der Waals surface area contributed by atoms with Gasteiger partial charge in [0.2, 0.25) is 5.91 Å². The molecule has 0 unspecified atom stereocenters. The summed E-state index contributed by atoms with van der Waals surface area (Å²) in [6.45, 7) is -0.143. The van der Waals surface area contributed by atoms with Crippen LogP contribution in [0.15, 0.2) is 53.7 Å². The number of para-hydroxylation sites is 1. The van der Waals surface area contributed by atoms with E-state index in [0.29, 0.717) is 10.7 Å². The second kappa shape index (κ2) is 10.1. The third kappa shape index (κ3) is 7.33. The zero-order chi connectivity index (χ0) is 19.6. The number of halogens is 2. The van der Waals surface area contributed by atoms with Gasteiger partial charge in [0.25, 0.3) is 5.91 Å². The van der Waals surface area contributed by atoms with Crippen molar-refractivity contribution >= 4 is 34.9 Å². The summed E-state index contributed by atoms with van der Waals surface area (Å²) in [5.74, 6) is -1.30. The predicted molar refractivity (Wildman–Crippen MR) is 101 cm³/mol. The van der Waals surface area contributed by atoms with Gasteiger partial charge in [-0.15, -0.1) is 0 Å². The minimum absolute atomic E-state index is 0.0918. The summed E-state index contributed by atoms with van der Waals surface area (Å²) in [5, 5.41) is 9.09. The van der Waals surface area contributed by atoms with Crippen LogP contribution >= 0.6 is 11.6 Å². The highest BCUT2D eigenvalue weighted by molar-refractivity contribution is 6.33. The van der Waals surface area contributed by atoms with Crippen LogP contribution in [-0.4, -0.2) is 24.3 Å². The molecule has 0 spiro atoms. The summed E-state index contributed by atoms with van der Waals surface area (Å²) in [4.78, 5) is 28.3. The Morgan fingerprint density at radius 1 is 1.11 bits per heavy atom. The van der Waals surface area contributed by atoms with E-state index in [9.17, 15) is 14.0 Å². The molecule has 9 heteroatoms. The van der Waals surface area contributed by atoms with Crippen LogP contribution in [0, 0.1) is 5.82 Å². The smallest absolute Gasteiger partial charge is 0.261 e. The number of hydrogen-bond acceptors (Lipinski definition) is 4. The summed E-state index contributed by atoms with van der Waals surface area (Å²) >= 11 is 5.94. The molecule has 142 valence electrons. The molecule has 2 aromatic rings. The summed E-state index contributed by atoms with van der Waals surface area (Å²) in [7, 11) is 0. The Bertz CT molecular complexity index is 828. The second-order valence-corrected chi connectivity index (χ2v) is 5.87. The number of nitrogens with zero attached hydrogens (tertiary/aromatic N) is 1. The highest BCUT2D eigenvalue weighted by atomic mass is 35.5. The highest BCUT2D eigenvalue weighted by Crippen LogP contribution is 2.20. The number of oxime groups is 1. The van der Waals surface area contributed by atoms with E-state index in [1.54, 1.807) is 36.4 Å². The first-order valence-electron chi connectivity index (χ1n) is 7.94. The Morgan fingerprint density at radius 2 is 1.81 bits per heavy atom. The van der Waals surface area contributed by atoms with E-state index in [4.69, 9.17) is 22.2 Å². The lowest BCUT2D eigenvalue weighted by Crippen LogP contribution is -2.27. The zero-order valence-corrected chi connectivity index (χ0v) is 15.0. The Labute approximate surface area is 160 Å². The normalized spacial score (nSPS) is 11.0. The van der Waals surface area contributed by atoms with Crippen molar-refractivity contribution in [3.63, 3.8) is 0 Å². The van der Waals surface area contributed by atoms with Gasteiger partial charge in [0.15, 0.2) is 6.61 Å². The third-order valence-electron chi connectivity index (χ3n) is 3.27. The molecule has 2 amide bonds. The van der Waals surface area contributed by atoms with E-state index in [0.717, 1.165) is 5.56 Å². The topological polar surface area (TPSA) is 106 Å². The van der Waals surface area contributed by atoms with Gasteiger partial charge in [-0.05, 0) is 29.8 Å². The Morgan fingerprint density at radius 3 is 2.52 bits per heavy atom. The molecule has 0 saturated carbocycles. The summed E-state index contributed by atoms with van der Waals surface area (Å²) in [6.07, 6.45) is -0.220. The zero-order valence-electron chi connectivity index (χ0n) is 14.2. The van der Waals surface area contributed by atoms with Crippen LogP contribution in [0.3, 0.4) is 0 Å². The van der Waals surface area contributed by atoms with Gasteiger partial charge in [-0.1, -0.05) is 41.0 Å². The minimum atomic E-state index is -0.434. The monoisotopic (exact) mass is 392 g/mol. The molecule has 0 heterocycles. The number of rotatable bonds is 8. The summed E-state index contributed by atoms with van der Waals surface area (Å²) < 4.78 is 12.8. The van der Waals surface area contributed by atoms with Crippen molar-refractivity contribution in [3.05, 3.63) is 64.9 Å². The van der Waals surface area contributed by atoms with Crippen LogP contribution in [0.5, 0.6) is 0 Å². The molecule has 0 saturated heterocycles. The number of anilines is 1. The quantitative estimate of drug-likeness (QED) is 0.364. The molecule has 0 radical (unpaired) electrons. The van der Waals surface area contributed by atoms with Crippen LogP contribution < -0.4 is 16.4 Å². The molecular formula is C18H18ClFN4O3. The first-order chi connectivity index (χ1) is 12.9. The molecule has 0 aliphatic carbocycles. The highest BCUT2D eigenvalue weighted by Gasteiger charge is 2.08. The maximum atomic E-state index is 12.8. The lowest BCUT2D eigenvalue weighted by atomic mass is 10.2. The lowest BCUT2D eigenvalue weighted by Gasteiger charge is -2.07. The van der Waals surface area contributed by atoms with E-state index < -0.39 is 11.8 Å². The van der Waals surface area contributed by atoms with Crippen LogP contribution in [0.1, 0.15) is 12.0 Å². The van der Waals surface area contributed by atoms with Crippen LogP contribution in [0.2, 0.25) is 5.02 Å². The largest absolute Gasteiger partial charge is 0.384 e. The van der Waals surface area contributed by atoms with Crippen molar-refractivity contribution in [2.75, 3.05) is 11.9 Å². The van der Waals surface area contributed by atoms with Gasteiger partial charge in [0.05, 0.1) is 17.1 Å². The van der Waals surface area contributed by atoms with E-state index in [-0.39, 0.29) is 31.2 Å². The van der Waals surface area contributed by atoms with E-state index in [1.807, 2.05) is 0 Å². The number of carbonyl (C=O) groups excluding carboxylic acids is 2. The first kappa shape index (κ1) is 20.2. The standard InChI is InChI=1S/C18H18ClFN4O3/c19-14-3-1-2-4-15(14)23-17(25)9-16(21)24-27-11-18(26)22-10-12-5-7-13(20)8-6-12/h1-8H,9-11H2,(H2,21,24)(H,22,26)(H,23,25). The molecule has 0 aliphatic heterocycles. The van der Waals surface area contributed by atoms with Crippen molar-refractivity contribution in [3.8, 4) is 0 Å². The number of amides is 2.